The van der Waals surface area contributed by atoms with E-state index in [0.29, 0.717) is 30.8 Å². The maximum absolute atomic E-state index is 9.51. The summed E-state index contributed by atoms with van der Waals surface area (Å²) in [6, 6.07) is 28.9. The predicted octanol–water partition coefficient (Wildman–Crippen LogP) is 6.83. The predicted molar refractivity (Wildman–Crippen MR) is 160 cm³/mol. The van der Waals surface area contributed by atoms with Gasteiger partial charge in [-0.3, -0.25) is 0 Å². The van der Waals surface area contributed by atoms with Crippen molar-refractivity contribution in [2.24, 2.45) is 5.11 Å². The van der Waals surface area contributed by atoms with Gasteiger partial charge in [-0.05, 0) is 53.1 Å². The van der Waals surface area contributed by atoms with Gasteiger partial charge < -0.3 is 23.7 Å². The Morgan fingerprint density at radius 3 is 1.90 bits per heavy atom. The Balaban J connectivity index is 1.60. The smallest absolute Gasteiger partial charge is 0.222 e. The van der Waals surface area contributed by atoms with Crippen LogP contribution in [0.2, 0.25) is 0 Å². The third kappa shape index (κ3) is 9.04. The molecule has 1 aliphatic rings. The van der Waals surface area contributed by atoms with E-state index in [1.165, 1.54) is 11.8 Å². The highest BCUT2D eigenvalue weighted by Crippen LogP contribution is 2.36. The van der Waals surface area contributed by atoms with E-state index >= 15 is 0 Å². The summed E-state index contributed by atoms with van der Waals surface area (Å²) in [7, 11) is 0. The number of nitrogens with zero attached hydrogens (tertiary/aromatic N) is 3. The Morgan fingerprint density at radius 2 is 1.38 bits per heavy atom. The van der Waals surface area contributed by atoms with Crippen molar-refractivity contribution in [1.82, 2.24) is 0 Å². The van der Waals surface area contributed by atoms with Gasteiger partial charge in [0, 0.05) is 4.91 Å². The molecule has 0 saturated carbocycles. The van der Waals surface area contributed by atoms with Crippen LogP contribution in [0.15, 0.2) is 96.1 Å². The van der Waals surface area contributed by atoms with Gasteiger partial charge in [0.05, 0.1) is 39.1 Å². The van der Waals surface area contributed by atoms with Crippen LogP contribution in [-0.2, 0) is 43.5 Å². The number of hydrogen-bond donors (Lipinski definition) is 0. The molecule has 1 aliphatic heterocycles. The van der Waals surface area contributed by atoms with Crippen LogP contribution in [0.3, 0.4) is 0 Å². The molecule has 210 valence electrons. The van der Waals surface area contributed by atoms with E-state index in [9.17, 15) is 5.53 Å². The molecule has 0 aliphatic carbocycles. The van der Waals surface area contributed by atoms with Gasteiger partial charge in [-0.25, -0.2) is 0 Å². The highest BCUT2D eigenvalue weighted by molar-refractivity contribution is 8.22. The standard InChI is InChI=1S/C30H33N3O5S2/c1-2-35-30(39)40-29-26(32-33-31)28(37-20-24-16-10-5-11-17-24)27(36-19-23-14-8-4-9-15-23)25(38-29)21-34-18-22-12-6-3-7-13-22/h3-17,25-29H,2,18-21H2,1H3. The quantitative estimate of drug-likeness (QED) is 0.0948. The highest BCUT2D eigenvalue weighted by Gasteiger charge is 2.48. The van der Waals surface area contributed by atoms with Crippen LogP contribution in [0.5, 0.6) is 0 Å². The minimum atomic E-state index is -0.733. The van der Waals surface area contributed by atoms with Crippen molar-refractivity contribution < 1.29 is 23.7 Å². The number of ether oxygens (including phenoxy) is 5. The van der Waals surface area contributed by atoms with Crippen LogP contribution >= 0.6 is 24.0 Å². The molecule has 0 N–H and O–H groups in total. The largest absolute Gasteiger partial charge is 0.479 e. The second kappa shape index (κ2) is 16.3. The number of azide groups is 1. The monoisotopic (exact) mass is 579 g/mol. The number of hydrogen-bond acceptors (Lipinski definition) is 8. The molecule has 5 unspecified atom stereocenters. The first-order chi connectivity index (χ1) is 19.7. The normalized spacial score (nSPS) is 22.3. The molecule has 4 rings (SSSR count). The van der Waals surface area contributed by atoms with Gasteiger partial charge in [0.2, 0.25) is 4.38 Å². The zero-order chi connectivity index (χ0) is 28.0. The van der Waals surface area contributed by atoms with E-state index in [4.69, 9.17) is 35.9 Å². The SMILES string of the molecule is CCOC(=S)SC1OC(COCc2ccccc2)C(OCc2ccccc2)C(OCc2ccccc2)C1N=[N+]=[N-]. The van der Waals surface area contributed by atoms with Crippen molar-refractivity contribution in [3.63, 3.8) is 0 Å². The van der Waals surface area contributed by atoms with E-state index in [1.54, 1.807) is 0 Å². The first-order valence-electron chi connectivity index (χ1n) is 13.1. The maximum Gasteiger partial charge on any atom is 0.222 e. The number of thioether (sulfide) groups is 1. The molecule has 0 radical (unpaired) electrons. The fourth-order valence-corrected chi connectivity index (χ4v) is 5.67. The van der Waals surface area contributed by atoms with Gasteiger partial charge in [0.25, 0.3) is 0 Å². The topological polar surface area (TPSA) is 94.9 Å². The molecule has 0 spiro atoms. The number of thiocarbonyl (C=S) groups is 1. The maximum atomic E-state index is 9.51. The van der Waals surface area contributed by atoms with Crippen molar-refractivity contribution in [1.29, 1.82) is 0 Å². The molecular formula is C30H33N3O5S2. The van der Waals surface area contributed by atoms with E-state index < -0.39 is 29.8 Å². The molecule has 0 aromatic heterocycles. The number of benzene rings is 3. The van der Waals surface area contributed by atoms with Gasteiger partial charge in [-0.2, -0.15) is 0 Å². The van der Waals surface area contributed by atoms with E-state index in [0.717, 1.165) is 16.7 Å². The fourth-order valence-electron chi connectivity index (χ4n) is 4.35. The summed E-state index contributed by atoms with van der Waals surface area (Å²) < 4.78 is 31.4. The van der Waals surface area contributed by atoms with Crippen molar-refractivity contribution >= 4 is 28.4 Å². The van der Waals surface area contributed by atoms with E-state index in [2.05, 4.69) is 10.0 Å². The van der Waals surface area contributed by atoms with Crippen LogP contribution in [0.25, 0.3) is 10.4 Å². The average molecular weight is 580 g/mol. The van der Waals surface area contributed by atoms with Gasteiger partial charge >= 0.3 is 0 Å². The Kier molecular flexibility index (Phi) is 12.3. The Labute approximate surface area is 244 Å². The third-order valence-corrected chi connectivity index (χ3v) is 7.58. The molecule has 3 aromatic rings. The lowest BCUT2D eigenvalue weighted by molar-refractivity contribution is -0.211. The molecule has 1 saturated heterocycles. The van der Waals surface area contributed by atoms with Gasteiger partial charge in [-0.1, -0.05) is 96.1 Å². The molecule has 0 bridgehead atoms. The van der Waals surface area contributed by atoms with Crippen molar-refractivity contribution in [2.75, 3.05) is 13.2 Å². The zero-order valence-corrected chi connectivity index (χ0v) is 23.9. The van der Waals surface area contributed by atoms with Crippen LogP contribution in [0, 0.1) is 0 Å². The minimum absolute atomic E-state index is 0.237. The highest BCUT2D eigenvalue weighted by atomic mass is 32.2. The molecule has 3 aromatic carbocycles. The molecule has 8 nitrogen and oxygen atoms in total. The van der Waals surface area contributed by atoms with E-state index in [-0.39, 0.29) is 6.61 Å². The van der Waals surface area contributed by atoms with Crippen LogP contribution in [0.4, 0.5) is 0 Å². The lowest BCUT2D eigenvalue weighted by Crippen LogP contribution is -2.59. The van der Waals surface area contributed by atoms with E-state index in [1.807, 2.05) is 97.9 Å². The lowest BCUT2D eigenvalue weighted by Gasteiger charge is -2.44. The summed E-state index contributed by atoms with van der Waals surface area (Å²) >= 11 is 6.61. The summed E-state index contributed by atoms with van der Waals surface area (Å²) in [5.74, 6) is 0. The summed E-state index contributed by atoms with van der Waals surface area (Å²) in [6.07, 6.45) is -1.76. The summed E-state index contributed by atoms with van der Waals surface area (Å²) in [6.45, 7) is 3.56. The van der Waals surface area contributed by atoms with Crippen molar-refractivity contribution in [3.05, 3.63) is 118 Å². The minimum Gasteiger partial charge on any atom is -0.479 e. The second-order valence-electron chi connectivity index (χ2n) is 9.06. The second-order valence-corrected chi connectivity index (χ2v) is 10.8. The molecule has 1 fully saturated rings. The van der Waals surface area contributed by atoms with Gasteiger partial charge in [0.15, 0.2) is 0 Å². The third-order valence-electron chi connectivity index (χ3n) is 6.24. The van der Waals surface area contributed by atoms with Crippen LogP contribution in [0.1, 0.15) is 23.6 Å². The molecule has 10 heteroatoms. The molecule has 1 heterocycles. The Morgan fingerprint density at radius 1 is 0.850 bits per heavy atom. The average Bonchev–Trinajstić information content (AvgIpc) is 2.98. The van der Waals surface area contributed by atoms with Gasteiger partial charge in [-0.15, -0.1) is 0 Å². The number of rotatable bonds is 13. The molecule has 0 amide bonds. The van der Waals surface area contributed by atoms with Crippen molar-refractivity contribution in [2.45, 2.75) is 56.5 Å². The van der Waals surface area contributed by atoms with Crippen LogP contribution in [-0.4, -0.2) is 47.4 Å². The van der Waals surface area contributed by atoms with Crippen LogP contribution < -0.4 is 0 Å². The first-order valence-corrected chi connectivity index (χ1v) is 14.4. The first kappa shape index (κ1) is 30.0. The fraction of sp³-hybridized carbons (Fsp3) is 0.367. The molecule has 5 atom stereocenters. The van der Waals surface area contributed by atoms with Crippen molar-refractivity contribution in [3.8, 4) is 0 Å². The van der Waals surface area contributed by atoms with Gasteiger partial charge in [0.1, 0.15) is 23.7 Å². The lowest BCUT2D eigenvalue weighted by atomic mass is 9.97. The summed E-state index contributed by atoms with van der Waals surface area (Å²) in [5.41, 5.74) is 11.9. The Hall–Kier alpha value is -2.95. The molecule has 40 heavy (non-hydrogen) atoms. The summed E-state index contributed by atoms with van der Waals surface area (Å²) in [4.78, 5) is 3.13. The Bertz CT molecular complexity index is 1220. The summed E-state index contributed by atoms with van der Waals surface area (Å²) in [5, 5.41) is 4.11. The zero-order valence-electron chi connectivity index (χ0n) is 22.3. The molecular weight excluding hydrogens is 546 g/mol.